The second-order valence-corrected chi connectivity index (χ2v) is 7.28. The molecule has 0 spiro atoms. The van der Waals surface area contributed by atoms with Gasteiger partial charge in [0.2, 0.25) is 0 Å². The highest BCUT2D eigenvalue weighted by molar-refractivity contribution is 7.80. The van der Waals surface area contributed by atoms with Gasteiger partial charge in [0, 0.05) is 5.69 Å². The second-order valence-electron chi connectivity index (χ2n) is 6.88. The first-order valence-corrected chi connectivity index (χ1v) is 9.65. The highest BCUT2D eigenvalue weighted by Gasteiger charge is 2.19. The van der Waals surface area contributed by atoms with Crippen molar-refractivity contribution >= 4 is 29.0 Å². The van der Waals surface area contributed by atoms with E-state index in [9.17, 15) is 4.79 Å². The van der Waals surface area contributed by atoms with Crippen molar-refractivity contribution in [2.45, 2.75) is 40.7 Å². The van der Waals surface area contributed by atoms with Gasteiger partial charge in [-0.2, -0.15) is 0 Å². The summed E-state index contributed by atoms with van der Waals surface area (Å²) < 4.78 is 5.12. The maximum absolute atomic E-state index is 12.1. The molecule has 0 saturated carbocycles. The largest absolute Gasteiger partial charge is 0.462 e. The van der Waals surface area contributed by atoms with Crippen molar-refractivity contribution in [1.82, 2.24) is 5.32 Å². The predicted octanol–water partition coefficient (Wildman–Crippen LogP) is 5.16. The Kier molecular flexibility index (Phi) is 7.36. The SMILES string of the molecule is CCOC(=O)c1cccc(NC(=S)N[C@@H](c2ccccc2C)C(C)C)c1C. The lowest BCUT2D eigenvalue weighted by atomic mass is 9.93. The van der Waals surface area contributed by atoms with Crippen LogP contribution in [0.2, 0.25) is 0 Å². The molecule has 1 atom stereocenters. The Hall–Kier alpha value is -2.40. The summed E-state index contributed by atoms with van der Waals surface area (Å²) in [6, 6.07) is 13.9. The number of aryl methyl sites for hydroxylation is 1. The van der Waals surface area contributed by atoms with E-state index < -0.39 is 0 Å². The average molecular weight is 385 g/mol. The van der Waals surface area contributed by atoms with Crippen LogP contribution in [0.3, 0.4) is 0 Å². The lowest BCUT2D eigenvalue weighted by molar-refractivity contribution is 0.0525. The molecule has 2 N–H and O–H groups in total. The molecule has 0 aliphatic rings. The molecule has 0 aliphatic carbocycles. The normalized spacial score (nSPS) is 11.8. The van der Waals surface area contributed by atoms with Gasteiger partial charge in [-0.15, -0.1) is 0 Å². The smallest absolute Gasteiger partial charge is 0.338 e. The van der Waals surface area contributed by atoms with Crippen molar-refractivity contribution in [3.05, 3.63) is 64.7 Å². The zero-order valence-electron chi connectivity index (χ0n) is 16.6. The summed E-state index contributed by atoms with van der Waals surface area (Å²) in [6.45, 7) is 10.5. The molecule has 5 heteroatoms. The van der Waals surface area contributed by atoms with Gasteiger partial charge < -0.3 is 15.4 Å². The fraction of sp³-hybridized carbons (Fsp3) is 0.364. The van der Waals surface area contributed by atoms with Crippen molar-refractivity contribution in [3.8, 4) is 0 Å². The Morgan fingerprint density at radius 1 is 1.11 bits per heavy atom. The number of benzene rings is 2. The number of carbonyl (C=O) groups excluding carboxylic acids is 1. The van der Waals surface area contributed by atoms with Crippen LogP contribution in [0.15, 0.2) is 42.5 Å². The van der Waals surface area contributed by atoms with Crippen LogP contribution in [0, 0.1) is 19.8 Å². The Morgan fingerprint density at radius 3 is 2.44 bits per heavy atom. The molecule has 144 valence electrons. The third-order valence-corrected chi connectivity index (χ3v) is 4.77. The molecular formula is C22H28N2O2S. The summed E-state index contributed by atoms with van der Waals surface area (Å²) in [5.74, 6) is 0.0373. The van der Waals surface area contributed by atoms with Crippen LogP contribution in [-0.2, 0) is 4.74 Å². The monoisotopic (exact) mass is 384 g/mol. The number of carbonyl (C=O) groups is 1. The fourth-order valence-corrected chi connectivity index (χ4v) is 3.28. The van der Waals surface area contributed by atoms with E-state index in [0.29, 0.717) is 23.2 Å². The molecule has 0 unspecified atom stereocenters. The van der Waals surface area contributed by atoms with E-state index >= 15 is 0 Å². The molecule has 2 rings (SSSR count). The number of hydrogen-bond acceptors (Lipinski definition) is 3. The van der Waals surface area contributed by atoms with Crippen molar-refractivity contribution in [2.24, 2.45) is 5.92 Å². The quantitative estimate of drug-likeness (QED) is 0.532. The molecule has 0 saturated heterocycles. The zero-order valence-corrected chi connectivity index (χ0v) is 17.4. The van der Waals surface area contributed by atoms with Crippen LogP contribution in [0.25, 0.3) is 0 Å². The van der Waals surface area contributed by atoms with E-state index in [1.807, 2.05) is 31.2 Å². The number of thiocarbonyl (C=S) groups is 1. The fourth-order valence-electron chi connectivity index (χ4n) is 3.04. The lowest BCUT2D eigenvalue weighted by Gasteiger charge is -2.26. The Labute approximate surface area is 167 Å². The van der Waals surface area contributed by atoms with Gasteiger partial charge in [0.05, 0.1) is 18.2 Å². The van der Waals surface area contributed by atoms with Crippen molar-refractivity contribution in [3.63, 3.8) is 0 Å². The van der Waals surface area contributed by atoms with E-state index in [2.05, 4.69) is 43.5 Å². The molecule has 0 bridgehead atoms. The van der Waals surface area contributed by atoms with Crippen molar-refractivity contribution < 1.29 is 9.53 Å². The Morgan fingerprint density at radius 2 is 1.81 bits per heavy atom. The Balaban J connectivity index is 2.18. The van der Waals surface area contributed by atoms with Gasteiger partial charge >= 0.3 is 5.97 Å². The predicted molar refractivity (Wildman–Crippen MR) is 115 cm³/mol. The summed E-state index contributed by atoms with van der Waals surface area (Å²) in [5, 5.41) is 7.19. The molecule has 4 nitrogen and oxygen atoms in total. The standard InChI is InChI=1S/C22H28N2O2S/c1-6-26-21(25)18-12-9-13-19(16(18)5)23-22(27)24-20(14(2)3)17-11-8-7-10-15(17)4/h7-14,20H,6H2,1-5H3,(H2,23,24,27)/t20-/m1/s1. The zero-order chi connectivity index (χ0) is 20.0. The van der Waals surface area contributed by atoms with Gasteiger partial charge in [-0.3, -0.25) is 0 Å². The lowest BCUT2D eigenvalue weighted by Crippen LogP contribution is -2.35. The minimum Gasteiger partial charge on any atom is -0.462 e. The highest BCUT2D eigenvalue weighted by Crippen LogP contribution is 2.25. The van der Waals surface area contributed by atoms with Gasteiger partial charge in [0.15, 0.2) is 5.11 Å². The van der Waals surface area contributed by atoms with Crippen LogP contribution < -0.4 is 10.6 Å². The summed E-state index contributed by atoms with van der Waals surface area (Å²) in [4.78, 5) is 12.1. The average Bonchev–Trinajstić information content (AvgIpc) is 2.62. The van der Waals surface area contributed by atoms with E-state index in [0.717, 1.165) is 11.3 Å². The first-order valence-electron chi connectivity index (χ1n) is 9.24. The number of nitrogens with one attached hydrogen (secondary N) is 2. The molecule has 0 aliphatic heterocycles. The maximum atomic E-state index is 12.1. The molecule has 0 aromatic heterocycles. The maximum Gasteiger partial charge on any atom is 0.338 e. The minimum atomic E-state index is -0.322. The molecule has 27 heavy (non-hydrogen) atoms. The highest BCUT2D eigenvalue weighted by atomic mass is 32.1. The van der Waals surface area contributed by atoms with E-state index in [-0.39, 0.29) is 12.0 Å². The van der Waals surface area contributed by atoms with Gasteiger partial charge in [-0.05, 0) is 67.7 Å². The third kappa shape index (κ3) is 5.30. The topological polar surface area (TPSA) is 50.4 Å². The van der Waals surface area contributed by atoms with Crippen LogP contribution in [0.5, 0.6) is 0 Å². The van der Waals surface area contributed by atoms with Gasteiger partial charge in [0.1, 0.15) is 0 Å². The molecule has 0 radical (unpaired) electrons. The minimum absolute atomic E-state index is 0.0970. The molecule has 0 fully saturated rings. The van der Waals surface area contributed by atoms with Gasteiger partial charge in [0.25, 0.3) is 0 Å². The van der Waals surface area contributed by atoms with Crippen molar-refractivity contribution in [2.75, 3.05) is 11.9 Å². The number of hydrogen-bond donors (Lipinski definition) is 2. The van der Waals surface area contributed by atoms with E-state index in [1.165, 1.54) is 11.1 Å². The number of anilines is 1. The molecule has 0 amide bonds. The molecular weight excluding hydrogens is 356 g/mol. The Bertz CT molecular complexity index is 818. The first-order chi connectivity index (χ1) is 12.8. The van der Waals surface area contributed by atoms with Gasteiger partial charge in [-0.25, -0.2) is 4.79 Å². The summed E-state index contributed by atoms with van der Waals surface area (Å²) in [7, 11) is 0. The van der Waals surface area contributed by atoms with Crippen molar-refractivity contribution in [1.29, 1.82) is 0 Å². The van der Waals surface area contributed by atoms with Crippen LogP contribution in [-0.4, -0.2) is 17.7 Å². The van der Waals surface area contributed by atoms with Crippen LogP contribution in [0.1, 0.15) is 53.9 Å². The van der Waals surface area contributed by atoms with Crippen LogP contribution >= 0.6 is 12.2 Å². The van der Waals surface area contributed by atoms with Gasteiger partial charge in [-0.1, -0.05) is 44.2 Å². The summed E-state index contributed by atoms with van der Waals surface area (Å²) in [5.41, 5.74) is 4.62. The molecule has 2 aromatic rings. The molecule has 0 heterocycles. The number of ether oxygens (including phenoxy) is 1. The third-order valence-electron chi connectivity index (χ3n) is 4.55. The number of rotatable bonds is 6. The number of esters is 1. The van der Waals surface area contributed by atoms with E-state index in [1.54, 1.807) is 13.0 Å². The first kappa shape index (κ1) is 20.9. The van der Waals surface area contributed by atoms with Crippen LogP contribution in [0.4, 0.5) is 5.69 Å². The summed E-state index contributed by atoms with van der Waals surface area (Å²) >= 11 is 5.56. The second kappa shape index (κ2) is 9.51. The van der Waals surface area contributed by atoms with E-state index in [4.69, 9.17) is 17.0 Å². The summed E-state index contributed by atoms with van der Waals surface area (Å²) in [6.07, 6.45) is 0. The molecule has 2 aromatic carbocycles.